The molecule has 0 aliphatic carbocycles. The zero-order valence-electron chi connectivity index (χ0n) is 7.41. The number of nitriles is 1. The van der Waals surface area contributed by atoms with Crippen LogP contribution in [0, 0.1) is 21.4 Å². The molecule has 6 heteroatoms. The van der Waals surface area contributed by atoms with Gasteiger partial charge in [0.15, 0.2) is 0 Å². The van der Waals surface area contributed by atoms with Crippen LogP contribution in [0.2, 0.25) is 0 Å². The topological polar surface area (TPSA) is 92.7 Å². The summed E-state index contributed by atoms with van der Waals surface area (Å²) >= 11 is 0. The van der Waals surface area contributed by atoms with Gasteiger partial charge in [0.05, 0.1) is 16.0 Å². The highest BCUT2D eigenvalue weighted by atomic mass is 16.6. The molecule has 0 saturated heterocycles. The fraction of sp³-hybridized carbons (Fsp3) is 0. The summed E-state index contributed by atoms with van der Waals surface area (Å²) in [7, 11) is 0. The maximum absolute atomic E-state index is 10.6. The van der Waals surface area contributed by atoms with Crippen molar-refractivity contribution in [2.24, 2.45) is 0 Å². The van der Waals surface area contributed by atoms with Gasteiger partial charge in [0.25, 0.3) is 5.69 Å². The second-order valence-electron chi connectivity index (χ2n) is 2.78. The van der Waals surface area contributed by atoms with Crippen LogP contribution in [-0.4, -0.2) is 14.9 Å². The van der Waals surface area contributed by atoms with E-state index in [0.717, 1.165) is 0 Å². The van der Waals surface area contributed by atoms with Crippen molar-refractivity contribution in [1.29, 1.82) is 5.26 Å². The van der Waals surface area contributed by atoms with E-state index in [1.54, 1.807) is 6.07 Å². The van der Waals surface area contributed by atoms with Crippen LogP contribution in [0.25, 0.3) is 11.0 Å². The summed E-state index contributed by atoms with van der Waals surface area (Å²) in [6.45, 7) is 0. The first-order valence-corrected chi connectivity index (χ1v) is 4.01. The number of hydrogen-bond donors (Lipinski definition) is 0. The Morgan fingerprint density at radius 1 is 1.27 bits per heavy atom. The molecule has 1 aromatic carbocycles. The highest BCUT2D eigenvalue weighted by Crippen LogP contribution is 2.22. The summed E-state index contributed by atoms with van der Waals surface area (Å²) < 4.78 is 0. The number of nitro groups is 1. The third kappa shape index (κ3) is 1.46. The maximum atomic E-state index is 10.6. The Hall–Kier alpha value is -2.55. The zero-order chi connectivity index (χ0) is 10.8. The molecule has 0 amide bonds. The highest BCUT2D eigenvalue weighted by Gasteiger charge is 2.15. The molecule has 15 heavy (non-hydrogen) atoms. The van der Waals surface area contributed by atoms with E-state index >= 15 is 0 Å². The van der Waals surface area contributed by atoms with Gasteiger partial charge in [-0.2, -0.15) is 5.26 Å². The van der Waals surface area contributed by atoms with Crippen LogP contribution in [0.4, 0.5) is 5.69 Å². The molecule has 0 radical (unpaired) electrons. The van der Waals surface area contributed by atoms with Gasteiger partial charge in [-0.3, -0.25) is 20.1 Å². The van der Waals surface area contributed by atoms with Gasteiger partial charge in [-0.05, 0) is 6.07 Å². The number of rotatable bonds is 1. The fourth-order valence-corrected chi connectivity index (χ4v) is 1.24. The monoisotopic (exact) mass is 200 g/mol. The molecule has 1 aromatic heterocycles. The van der Waals surface area contributed by atoms with E-state index in [4.69, 9.17) is 5.26 Å². The van der Waals surface area contributed by atoms with E-state index in [1.807, 2.05) is 0 Å². The zero-order valence-corrected chi connectivity index (χ0v) is 7.41. The van der Waals surface area contributed by atoms with Crippen molar-refractivity contribution in [2.45, 2.75) is 0 Å². The lowest BCUT2D eigenvalue weighted by Gasteiger charge is -1.97. The third-order valence-corrected chi connectivity index (χ3v) is 1.90. The second kappa shape index (κ2) is 3.31. The number of fused-ring (bicyclic) bond motifs is 1. The lowest BCUT2D eigenvalue weighted by atomic mass is 10.1. The smallest absolute Gasteiger partial charge is 0.258 e. The van der Waals surface area contributed by atoms with Gasteiger partial charge in [-0.15, -0.1) is 0 Å². The van der Waals surface area contributed by atoms with Crippen LogP contribution in [0.3, 0.4) is 0 Å². The molecule has 0 N–H and O–H groups in total. The van der Waals surface area contributed by atoms with Gasteiger partial charge < -0.3 is 0 Å². The average molecular weight is 200 g/mol. The van der Waals surface area contributed by atoms with Gasteiger partial charge in [-0.1, -0.05) is 0 Å². The summed E-state index contributed by atoms with van der Waals surface area (Å²) in [6, 6.07) is 4.37. The van der Waals surface area contributed by atoms with E-state index in [0.29, 0.717) is 11.0 Å². The van der Waals surface area contributed by atoms with Crippen molar-refractivity contribution >= 4 is 16.7 Å². The molecule has 2 aromatic rings. The van der Waals surface area contributed by atoms with Crippen molar-refractivity contribution < 1.29 is 4.92 Å². The summed E-state index contributed by atoms with van der Waals surface area (Å²) in [5.41, 5.74) is 0.626. The number of hydrogen-bond acceptors (Lipinski definition) is 5. The molecular weight excluding hydrogens is 196 g/mol. The van der Waals surface area contributed by atoms with Crippen LogP contribution < -0.4 is 0 Å². The van der Waals surface area contributed by atoms with Crippen LogP contribution in [0.1, 0.15) is 5.56 Å². The van der Waals surface area contributed by atoms with Gasteiger partial charge in [0.1, 0.15) is 11.6 Å². The van der Waals surface area contributed by atoms with E-state index in [1.165, 1.54) is 24.5 Å². The first-order valence-electron chi connectivity index (χ1n) is 4.01. The molecule has 0 aliphatic rings. The minimum atomic E-state index is -0.604. The van der Waals surface area contributed by atoms with Crippen LogP contribution in [-0.2, 0) is 0 Å². The van der Waals surface area contributed by atoms with Crippen molar-refractivity contribution in [1.82, 2.24) is 9.97 Å². The summed E-state index contributed by atoms with van der Waals surface area (Å²) in [5.74, 6) is 0. The summed E-state index contributed by atoms with van der Waals surface area (Å²) in [5, 5.41) is 19.4. The molecular formula is C9H4N4O2. The SMILES string of the molecule is N#Cc1cc2nccnc2cc1[N+](=O)[O-]. The first kappa shape index (κ1) is 9.02. The normalized spacial score (nSPS) is 9.80. The first-order chi connectivity index (χ1) is 7.22. The van der Waals surface area contributed by atoms with Crippen LogP contribution in [0.15, 0.2) is 24.5 Å². The maximum Gasteiger partial charge on any atom is 0.289 e. The van der Waals surface area contributed by atoms with Gasteiger partial charge in [-0.25, -0.2) is 0 Å². The van der Waals surface area contributed by atoms with Crippen LogP contribution in [0.5, 0.6) is 0 Å². The molecule has 72 valence electrons. The molecule has 1 heterocycles. The van der Waals surface area contributed by atoms with Gasteiger partial charge in [0, 0.05) is 18.5 Å². The Balaban J connectivity index is 2.82. The number of nitrogens with zero attached hydrogens (tertiary/aromatic N) is 4. The number of nitro benzene ring substituents is 1. The lowest BCUT2D eigenvalue weighted by molar-refractivity contribution is -0.385. The van der Waals surface area contributed by atoms with E-state index in [9.17, 15) is 10.1 Å². The minimum Gasteiger partial charge on any atom is -0.258 e. The number of aromatic nitrogens is 2. The van der Waals surface area contributed by atoms with Gasteiger partial charge in [0.2, 0.25) is 0 Å². The Bertz CT molecular complexity index is 588. The predicted octanol–water partition coefficient (Wildman–Crippen LogP) is 1.41. The van der Waals surface area contributed by atoms with E-state index in [2.05, 4.69) is 9.97 Å². The number of benzene rings is 1. The van der Waals surface area contributed by atoms with E-state index in [-0.39, 0.29) is 11.3 Å². The Morgan fingerprint density at radius 2 is 1.87 bits per heavy atom. The average Bonchev–Trinajstić information content (AvgIpc) is 2.27. The third-order valence-electron chi connectivity index (χ3n) is 1.90. The Kier molecular flexibility index (Phi) is 1.99. The molecule has 0 bridgehead atoms. The highest BCUT2D eigenvalue weighted by molar-refractivity contribution is 5.79. The minimum absolute atomic E-state index is 0.00648. The summed E-state index contributed by atoms with van der Waals surface area (Å²) in [6.07, 6.45) is 2.91. The van der Waals surface area contributed by atoms with Crippen LogP contribution >= 0.6 is 0 Å². The molecule has 0 aliphatic heterocycles. The molecule has 0 unspecified atom stereocenters. The molecule has 6 nitrogen and oxygen atoms in total. The lowest BCUT2D eigenvalue weighted by Crippen LogP contribution is -1.94. The molecule has 2 rings (SSSR count). The molecule has 0 saturated carbocycles. The Labute approximate surface area is 84.0 Å². The fourth-order valence-electron chi connectivity index (χ4n) is 1.24. The Morgan fingerprint density at radius 3 is 2.40 bits per heavy atom. The van der Waals surface area contributed by atoms with Crippen molar-refractivity contribution in [3.63, 3.8) is 0 Å². The van der Waals surface area contributed by atoms with Crippen molar-refractivity contribution in [2.75, 3.05) is 0 Å². The van der Waals surface area contributed by atoms with E-state index < -0.39 is 4.92 Å². The second-order valence-corrected chi connectivity index (χ2v) is 2.78. The van der Waals surface area contributed by atoms with Gasteiger partial charge >= 0.3 is 0 Å². The standard InChI is InChI=1S/C9H4N4O2/c10-5-6-3-7-8(12-2-1-11-7)4-9(6)13(14)15/h1-4H. The molecule has 0 spiro atoms. The molecule has 0 atom stereocenters. The predicted molar refractivity (Wildman–Crippen MR) is 50.9 cm³/mol. The summed E-state index contributed by atoms with van der Waals surface area (Å²) in [4.78, 5) is 17.9. The molecule has 0 fully saturated rings. The van der Waals surface area contributed by atoms with Crippen molar-refractivity contribution in [3.8, 4) is 6.07 Å². The van der Waals surface area contributed by atoms with Crippen molar-refractivity contribution in [3.05, 3.63) is 40.2 Å². The largest absolute Gasteiger partial charge is 0.289 e. The quantitative estimate of drug-likeness (QED) is 0.512.